The van der Waals surface area contributed by atoms with Crippen LogP contribution in [0.5, 0.6) is 0 Å². The maximum Gasteiger partial charge on any atom is 0.238 e. The Balaban J connectivity index is 1.17. The van der Waals surface area contributed by atoms with Crippen LogP contribution in [-0.2, 0) is 9.59 Å². The first kappa shape index (κ1) is 20.8. The molecule has 2 fully saturated rings. The van der Waals surface area contributed by atoms with Gasteiger partial charge < -0.3 is 15.2 Å². The number of H-pyrrole nitrogens is 1. The molecule has 6 heteroatoms. The van der Waals surface area contributed by atoms with Crippen molar-refractivity contribution in [3.63, 3.8) is 0 Å². The summed E-state index contributed by atoms with van der Waals surface area (Å²) in [5, 5.41) is 4.35. The molecule has 0 spiro atoms. The van der Waals surface area contributed by atoms with Crippen molar-refractivity contribution in [3.8, 4) is 0 Å². The number of nitrogens with one attached hydrogen (secondary N) is 2. The van der Waals surface area contributed by atoms with E-state index in [1.807, 2.05) is 24.3 Å². The van der Waals surface area contributed by atoms with Crippen LogP contribution in [0.15, 0.2) is 48.5 Å². The number of aromatic amines is 1. The monoisotopic (exact) mass is 430 g/mol. The molecule has 3 heterocycles. The third kappa shape index (κ3) is 4.15. The highest BCUT2D eigenvalue weighted by molar-refractivity contribution is 5.97. The zero-order valence-electron chi connectivity index (χ0n) is 18.6. The smallest absolute Gasteiger partial charge is 0.238 e. The Morgan fingerprint density at radius 2 is 1.91 bits per heavy atom. The number of anilines is 2. The number of nitrogens with zero attached hydrogens (tertiary/aromatic N) is 2. The van der Waals surface area contributed by atoms with E-state index in [9.17, 15) is 9.59 Å². The fourth-order valence-corrected chi connectivity index (χ4v) is 5.28. The summed E-state index contributed by atoms with van der Waals surface area (Å²) >= 11 is 0. The maximum absolute atomic E-state index is 12.7. The minimum atomic E-state index is -0.00313. The lowest BCUT2D eigenvalue weighted by Gasteiger charge is -2.31. The van der Waals surface area contributed by atoms with Gasteiger partial charge in [-0.25, -0.2) is 0 Å². The number of fused-ring (bicyclic) bond motifs is 1. The average molecular weight is 431 g/mol. The molecule has 2 saturated heterocycles. The van der Waals surface area contributed by atoms with Crippen LogP contribution in [0.3, 0.4) is 0 Å². The van der Waals surface area contributed by atoms with Gasteiger partial charge >= 0.3 is 0 Å². The molecule has 2 N–H and O–H groups in total. The van der Waals surface area contributed by atoms with Crippen molar-refractivity contribution in [2.24, 2.45) is 0 Å². The first-order valence-corrected chi connectivity index (χ1v) is 11.6. The first-order valence-electron chi connectivity index (χ1n) is 11.6. The zero-order valence-corrected chi connectivity index (χ0v) is 18.6. The summed E-state index contributed by atoms with van der Waals surface area (Å²) in [6.45, 7) is 5.14. The molecular formula is C26H30N4O2. The molecule has 5 rings (SSSR count). The summed E-state index contributed by atoms with van der Waals surface area (Å²) in [5.74, 6) is 0.679. The van der Waals surface area contributed by atoms with E-state index in [1.54, 1.807) is 4.90 Å². The van der Waals surface area contributed by atoms with Crippen LogP contribution in [0, 0.1) is 6.92 Å². The molecule has 2 aromatic carbocycles. The Labute approximate surface area is 188 Å². The fraction of sp³-hybridized carbons (Fsp3) is 0.385. The molecule has 2 amide bonds. The molecule has 1 aromatic heterocycles. The van der Waals surface area contributed by atoms with Crippen molar-refractivity contribution in [2.45, 2.75) is 38.5 Å². The molecule has 0 bridgehead atoms. The van der Waals surface area contributed by atoms with E-state index >= 15 is 0 Å². The summed E-state index contributed by atoms with van der Waals surface area (Å²) in [6, 6.07) is 16.1. The van der Waals surface area contributed by atoms with Crippen LogP contribution in [0.1, 0.15) is 42.9 Å². The number of carbonyl (C=O) groups is 2. The van der Waals surface area contributed by atoms with Crippen LogP contribution < -0.4 is 10.2 Å². The Kier molecular flexibility index (Phi) is 5.70. The highest BCUT2D eigenvalue weighted by atomic mass is 16.2. The summed E-state index contributed by atoms with van der Waals surface area (Å²) < 4.78 is 0. The quantitative estimate of drug-likeness (QED) is 0.630. The molecule has 2 aliphatic heterocycles. The van der Waals surface area contributed by atoms with Crippen molar-refractivity contribution in [1.29, 1.82) is 0 Å². The molecular weight excluding hydrogens is 400 g/mol. The minimum Gasteiger partial charge on any atom is -0.358 e. The van der Waals surface area contributed by atoms with E-state index in [0.717, 1.165) is 50.3 Å². The second-order valence-electron chi connectivity index (χ2n) is 9.01. The van der Waals surface area contributed by atoms with Crippen LogP contribution in [-0.4, -0.2) is 47.9 Å². The number of piperidine rings is 1. The van der Waals surface area contributed by atoms with Gasteiger partial charge in [0.1, 0.15) is 0 Å². The van der Waals surface area contributed by atoms with Gasteiger partial charge in [-0.05, 0) is 75.0 Å². The van der Waals surface area contributed by atoms with E-state index in [4.69, 9.17) is 0 Å². The van der Waals surface area contributed by atoms with E-state index in [0.29, 0.717) is 18.9 Å². The van der Waals surface area contributed by atoms with Gasteiger partial charge in [0, 0.05) is 40.9 Å². The molecule has 0 aliphatic carbocycles. The van der Waals surface area contributed by atoms with Crippen molar-refractivity contribution in [3.05, 3.63) is 59.8 Å². The topological polar surface area (TPSA) is 68.4 Å². The maximum atomic E-state index is 12.7. The Morgan fingerprint density at radius 3 is 2.69 bits per heavy atom. The fourth-order valence-electron chi connectivity index (χ4n) is 5.28. The molecule has 6 nitrogen and oxygen atoms in total. The molecule has 0 atom stereocenters. The molecule has 3 aromatic rings. The summed E-state index contributed by atoms with van der Waals surface area (Å²) in [6.07, 6.45) is 3.61. The minimum absolute atomic E-state index is 0.00313. The van der Waals surface area contributed by atoms with Crippen molar-refractivity contribution in [1.82, 2.24) is 9.88 Å². The lowest BCUT2D eigenvalue weighted by Crippen LogP contribution is -2.38. The van der Waals surface area contributed by atoms with Gasteiger partial charge in [-0.1, -0.05) is 24.3 Å². The van der Waals surface area contributed by atoms with Crippen LogP contribution in [0.2, 0.25) is 0 Å². The van der Waals surface area contributed by atoms with Crippen molar-refractivity contribution >= 4 is 34.1 Å². The van der Waals surface area contributed by atoms with Gasteiger partial charge in [0.15, 0.2) is 0 Å². The van der Waals surface area contributed by atoms with Crippen LogP contribution in [0.25, 0.3) is 10.9 Å². The predicted octanol–water partition coefficient (Wildman–Crippen LogP) is 4.42. The molecule has 0 saturated carbocycles. The van der Waals surface area contributed by atoms with Gasteiger partial charge in [-0.3, -0.25) is 14.5 Å². The largest absolute Gasteiger partial charge is 0.358 e. The summed E-state index contributed by atoms with van der Waals surface area (Å²) in [7, 11) is 0. The van der Waals surface area contributed by atoms with E-state index in [2.05, 4.69) is 46.4 Å². The standard InChI is InChI=1S/C26H30N4O2/c1-18-26(22-8-2-3-9-23(22)27-18)19-11-14-29(15-12-19)17-24(31)28-20-6-4-7-21(16-20)30-13-5-10-25(30)32/h2-4,6-9,16,19,27H,5,10-15,17H2,1H3,(H,28,31). The lowest BCUT2D eigenvalue weighted by molar-refractivity contribution is -0.118. The van der Waals surface area contributed by atoms with E-state index < -0.39 is 0 Å². The second-order valence-corrected chi connectivity index (χ2v) is 9.01. The third-order valence-corrected chi connectivity index (χ3v) is 6.82. The Hall–Kier alpha value is -3.12. The molecule has 166 valence electrons. The first-order chi connectivity index (χ1) is 15.6. The van der Waals surface area contributed by atoms with Crippen molar-refractivity contribution in [2.75, 3.05) is 36.4 Å². The van der Waals surface area contributed by atoms with Gasteiger partial charge in [0.2, 0.25) is 11.8 Å². The molecule has 2 aliphatic rings. The van der Waals surface area contributed by atoms with E-state index in [-0.39, 0.29) is 11.8 Å². The number of hydrogen-bond donors (Lipinski definition) is 2. The van der Waals surface area contributed by atoms with Crippen LogP contribution >= 0.6 is 0 Å². The molecule has 0 radical (unpaired) electrons. The number of carbonyl (C=O) groups excluding carboxylic acids is 2. The number of benzene rings is 2. The second kappa shape index (κ2) is 8.79. The number of aromatic nitrogens is 1. The number of aryl methyl sites for hydroxylation is 1. The number of hydrogen-bond acceptors (Lipinski definition) is 3. The SMILES string of the molecule is Cc1[nH]c2ccccc2c1C1CCN(CC(=O)Nc2cccc(N3CCCC3=O)c2)CC1. The Bertz CT molecular complexity index is 1140. The molecule has 0 unspecified atom stereocenters. The van der Waals surface area contributed by atoms with Gasteiger partial charge in [-0.15, -0.1) is 0 Å². The van der Waals surface area contributed by atoms with E-state index in [1.165, 1.54) is 22.2 Å². The predicted molar refractivity (Wildman–Crippen MR) is 128 cm³/mol. The highest BCUT2D eigenvalue weighted by Crippen LogP contribution is 2.35. The van der Waals surface area contributed by atoms with Gasteiger partial charge in [0.05, 0.1) is 6.54 Å². The highest BCUT2D eigenvalue weighted by Gasteiger charge is 2.26. The normalized spacial score (nSPS) is 17.9. The lowest BCUT2D eigenvalue weighted by atomic mass is 9.87. The molecule has 32 heavy (non-hydrogen) atoms. The number of amides is 2. The number of para-hydroxylation sites is 1. The third-order valence-electron chi connectivity index (χ3n) is 6.82. The number of rotatable bonds is 5. The zero-order chi connectivity index (χ0) is 22.1. The Morgan fingerprint density at radius 1 is 1.09 bits per heavy atom. The van der Waals surface area contributed by atoms with Crippen molar-refractivity contribution < 1.29 is 9.59 Å². The summed E-state index contributed by atoms with van der Waals surface area (Å²) in [4.78, 5) is 32.2. The van der Waals surface area contributed by atoms with Crippen LogP contribution in [0.4, 0.5) is 11.4 Å². The van der Waals surface area contributed by atoms with Gasteiger partial charge in [0.25, 0.3) is 0 Å². The average Bonchev–Trinajstić information content (AvgIpc) is 3.36. The summed E-state index contributed by atoms with van der Waals surface area (Å²) in [5.41, 5.74) is 5.52. The number of likely N-dealkylation sites (tertiary alicyclic amines) is 1. The van der Waals surface area contributed by atoms with Gasteiger partial charge in [-0.2, -0.15) is 0 Å².